The number of aromatic carboxylic acids is 1. The third kappa shape index (κ3) is 4.18. The maximum Gasteiger partial charge on any atom is 0.335 e. The number of carbonyl (C=O) groups is 1. The Hall–Kier alpha value is -4.11. The van der Waals surface area contributed by atoms with Crippen LogP contribution in [-0.4, -0.2) is 38.1 Å². The molecule has 5 aromatic rings. The van der Waals surface area contributed by atoms with Crippen LogP contribution in [0, 0.1) is 0 Å². The summed E-state index contributed by atoms with van der Waals surface area (Å²) < 4.78 is 11.6. The van der Waals surface area contributed by atoms with Crippen molar-refractivity contribution in [3.05, 3.63) is 78.4 Å². The number of aromatic nitrogens is 4. The van der Waals surface area contributed by atoms with Gasteiger partial charge in [0, 0.05) is 22.4 Å². The topological polar surface area (TPSA) is 114 Å². The summed E-state index contributed by atoms with van der Waals surface area (Å²) >= 11 is 1.54. The molecule has 3 aromatic heterocycles. The Bertz CT molecular complexity index is 1440. The molecular formula is C24H18N4O4S. The summed E-state index contributed by atoms with van der Waals surface area (Å²) in [5, 5.41) is 10.0. The molecule has 0 spiro atoms. The van der Waals surface area contributed by atoms with Gasteiger partial charge in [-0.3, -0.25) is 0 Å². The van der Waals surface area contributed by atoms with Gasteiger partial charge in [-0.25, -0.2) is 19.7 Å². The third-order valence-corrected chi connectivity index (χ3v) is 6.15. The Morgan fingerprint density at radius 1 is 1.09 bits per heavy atom. The molecule has 0 atom stereocenters. The second-order valence-corrected chi connectivity index (χ2v) is 8.11. The first-order valence-corrected chi connectivity index (χ1v) is 11.0. The van der Waals surface area contributed by atoms with Crippen molar-refractivity contribution in [1.29, 1.82) is 0 Å². The van der Waals surface area contributed by atoms with E-state index in [2.05, 4.69) is 19.9 Å². The van der Waals surface area contributed by atoms with Crippen molar-refractivity contribution >= 4 is 28.9 Å². The summed E-state index contributed by atoms with van der Waals surface area (Å²) in [4.78, 5) is 27.1. The summed E-state index contributed by atoms with van der Waals surface area (Å²) in [6, 6.07) is 16.3. The number of rotatable bonds is 7. The Labute approximate surface area is 192 Å². The normalized spacial score (nSPS) is 11.1. The number of aromatic amines is 1. The smallest absolute Gasteiger partial charge is 0.335 e. The van der Waals surface area contributed by atoms with Gasteiger partial charge in [0.05, 0.1) is 19.0 Å². The highest BCUT2D eigenvalue weighted by atomic mass is 32.2. The number of furan rings is 1. The van der Waals surface area contributed by atoms with E-state index in [0.717, 1.165) is 33.0 Å². The molecule has 9 heteroatoms. The molecule has 0 saturated heterocycles. The van der Waals surface area contributed by atoms with E-state index in [1.54, 1.807) is 37.7 Å². The zero-order valence-corrected chi connectivity index (χ0v) is 18.3. The number of H-pyrrole nitrogens is 1. The highest BCUT2D eigenvalue weighted by Gasteiger charge is 2.17. The first-order valence-electron chi connectivity index (χ1n) is 10.00. The number of methoxy groups -OCH3 is 1. The summed E-state index contributed by atoms with van der Waals surface area (Å²) in [6.45, 7) is 0. The first-order chi connectivity index (χ1) is 16.1. The van der Waals surface area contributed by atoms with E-state index in [0.29, 0.717) is 22.9 Å². The SMILES string of the molecule is COc1cccc(-c2cc(CSc3ncnc4nc[nH]c34)c(-c3ccc(C(=O)O)cc3)o2)c1. The lowest BCUT2D eigenvalue weighted by Crippen LogP contribution is -1.95. The number of imidazole rings is 1. The average Bonchev–Trinajstić information content (AvgIpc) is 3.50. The van der Waals surface area contributed by atoms with Crippen LogP contribution >= 0.6 is 11.8 Å². The zero-order valence-electron chi connectivity index (χ0n) is 17.5. The third-order valence-electron chi connectivity index (χ3n) is 5.11. The minimum Gasteiger partial charge on any atom is -0.497 e. The minimum absolute atomic E-state index is 0.219. The Morgan fingerprint density at radius 2 is 1.94 bits per heavy atom. The molecule has 0 amide bonds. The number of carboxylic acids is 1. The number of ether oxygens (including phenoxy) is 1. The van der Waals surface area contributed by atoms with Crippen molar-refractivity contribution in [3.63, 3.8) is 0 Å². The van der Waals surface area contributed by atoms with Crippen LogP contribution in [-0.2, 0) is 5.75 Å². The van der Waals surface area contributed by atoms with Crippen molar-refractivity contribution in [1.82, 2.24) is 19.9 Å². The number of benzene rings is 2. The van der Waals surface area contributed by atoms with Crippen LogP contribution in [0.3, 0.4) is 0 Å². The standard InChI is InChI=1S/C24H18N4O4S/c1-31-18-4-2-3-16(9-18)19-10-17(11-33-23-20-22(26-12-25-20)27-13-28-23)21(32-19)14-5-7-15(8-6-14)24(29)30/h2-10,12-13H,11H2,1H3,(H,29,30)(H,25,26,27,28). The average molecular weight is 458 g/mol. The molecule has 2 aromatic carbocycles. The van der Waals surface area contributed by atoms with E-state index in [-0.39, 0.29) is 5.56 Å². The Balaban J connectivity index is 1.53. The lowest BCUT2D eigenvalue weighted by Gasteiger charge is -2.04. The van der Waals surface area contributed by atoms with Crippen molar-refractivity contribution in [2.24, 2.45) is 0 Å². The number of fused-ring (bicyclic) bond motifs is 1. The van der Waals surface area contributed by atoms with E-state index in [1.807, 2.05) is 30.3 Å². The van der Waals surface area contributed by atoms with Crippen molar-refractivity contribution in [3.8, 4) is 28.4 Å². The van der Waals surface area contributed by atoms with Crippen molar-refractivity contribution in [2.75, 3.05) is 7.11 Å². The van der Waals surface area contributed by atoms with Gasteiger partial charge in [0.1, 0.15) is 34.1 Å². The van der Waals surface area contributed by atoms with E-state index in [9.17, 15) is 9.90 Å². The molecule has 5 rings (SSSR count). The molecule has 8 nitrogen and oxygen atoms in total. The van der Waals surface area contributed by atoms with E-state index in [1.165, 1.54) is 18.1 Å². The number of nitrogens with zero attached hydrogens (tertiary/aromatic N) is 3. The molecule has 0 saturated carbocycles. The Morgan fingerprint density at radius 3 is 2.73 bits per heavy atom. The second kappa shape index (κ2) is 8.79. The van der Waals surface area contributed by atoms with Crippen molar-refractivity contribution < 1.29 is 19.1 Å². The quantitative estimate of drug-likeness (QED) is 0.250. The van der Waals surface area contributed by atoms with Gasteiger partial charge in [-0.05, 0) is 30.3 Å². The van der Waals surface area contributed by atoms with Gasteiger partial charge in [-0.15, -0.1) is 0 Å². The van der Waals surface area contributed by atoms with Gasteiger partial charge < -0.3 is 19.2 Å². The van der Waals surface area contributed by atoms with Crippen LogP contribution in [0.5, 0.6) is 5.75 Å². The molecule has 0 unspecified atom stereocenters. The molecule has 0 bridgehead atoms. The summed E-state index contributed by atoms with van der Waals surface area (Å²) in [7, 11) is 1.62. The fourth-order valence-electron chi connectivity index (χ4n) is 3.46. The number of thioether (sulfide) groups is 1. The predicted octanol–water partition coefficient (Wildman–Crippen LogP) is 5.28. The highest BCUT2D eigenvalue weighted by molar-refractivity contribution is 7.98. The van der Waals surface area contributed by atoms with E-state index in [4.69, 9.17) is 9.15 Å². The molecule has 2 N–H and O–H groups in total. The molecule has 0 fully saturated rings. The van der Waals surface area contributed by atoms with Gasteiger partial charge in [0.25, 0.3) is 0 Å². The van der Waals surface area contributed by atoms with E-state index < -0.39 is 5.97 Å². The van der Waals surface area contributed by atoms with Gasteiger partial charge in [-0.1, -0.05) is 36.0 Å². The molecule has 0 radical (unpaired) electrons. The van der Waals surface area contributed by atoms with Crippen LogP contribution < -0.4 is 4.74 Å². The molecule has 0 aliphatic heterocycles. The molecule has 33 heavy (non-hydrogen) atoms. The molecular weight excluding hydrogens is 440 g/mol. The van der Waals surface area contributed by atoms with E-state index >= 15 is 0 Å². The highest BCUT2D eigenvalue weighted by Crippen LogP contribution is 2.37. The first kappa shape index (κ1) is 20.8. The molecule has 164 valence electrons. The number of carboxylic acid groups (broad SMARTS) is 1. The monoisotopic (exact) mass is 458 g/mol. The number of hydrogen-bond acceptors (Lipinski definition) is 7. The van der Waals surface area contributed by atoms with Crippen LogP contribution in [0.4, 0.5) is 0 Å². The number of nitrogens with one attached hydrogen (secondary N) is 1. The molecule has 0 aliphatic carbocycles. The summed E-state index contributed by atoms with van der Waals surface area (Å²) in [5.74, 6) is 1.70. The number of hydrogen-bond donors (Lipinski definition) is 2. The van der Waals surface area contributed by atoms with Crippen LogP contribution in [0.15, 0.2) is 76.7 Å². The second-order valence-electron chi connectivity index (χ2n) is 7.15. The lowest BCUT2D eigenvalue weighted by atomic mass is 10.1. The zero-order chi connectivity index (χ0) is 22.8. The molecule has 3 heterocycles. The van der Waals surface area contributed by atoms with Crippen LogP contribution in [0.1, 0.15) is 15.9 Å². The van der Waals surface area contributed by atoms with Crippen LogP contribution in [0.2, 0.25) is 0 Å². The predicted molar refractivity (Wildman–Crippen MR) is 124 cm³/mol. The maximum absolute atomic E-state index is 11.3. The molecule has 0 aliphatic rings. The van der Waals surface area contributed by atoms with Crippen molar-refractivity contribution in [2.45, 2.75) is 10.8 Å². The van der Waals surface area contributed by atoms with Crippen LogP contribution in [0.25, 0.3) is 33.8 Å². The summed E-state index contributed by atoms with van der Waals surface area (Å²) in [6.07, 6.45) is 3.09. The fourth-order valence-corrected chi connectivity index (χ4v) is 4.38. The minimum atomic E-state index is -0.971. The van der Waals surface area contributed by atoms with Gasteiger partial charge >= 0.3 is 5.97 Å². The van der Waals surface area contributed by atoms with Gasteiger partial charge in [-0.2, -0.15) is 0 Å². The van der Waals surface area contributed by atoms with Gasteiger partial charge in [0.15, 0.2) is 5.65 Å². The summed E-state index contributed by atoms with van der Waals surface area (Å²) in [5.41, 5.74) is 4.24. The lowest BCUT2D eigenvalue weighted by molar-refractivity contribution is 0.0697. The van der Waals surface area contributed by atoms with Gasteiger partial charge in [0.2, 0.25) is 0 Å². The largest absolute Gasteiger partial charge is 0.497 e. The fraction of sp³-hybridized carbons (Fsp3) is 0.0833. The Kier molecular flexibility index (Phi) is 5.54. The maximum atomic E-state index is 11.3.